The van der Waals surface area contributed by atoms with E-state index in [9.17, 15) is 0 Å². The van der Waals surface area contributed by atoms with Gasteiger partial charge in [0.05, 0.1) is 0 Å². The largest absolute Gasteiger partial charge is 1.00 e. The van der Waals surface area contributed by atoms with Gasteiger partial charge in [-0.3, -0.25) is 6.08 Å². The van der Waals surface area contributed by atoms with Crippen molar-refractivity contribution in [2.45, 2.75) is 99.3 Å². The second kappa shape index (κ2) is 19.0. The number of benzene rings is 4. The van der Waals surface area contributed by atoms with Crippen molar-refractivity contribution in [1.82, 2.24) is 0 Å². The van der Waals surface area contributed by atoms with Gasteiger partial charge < -0.3 is 24.8 Å². The van der Waals surface area contributed by atoms with Gasteiger partial charge in [-0.05, 0) is 17.4 Å². The van der Waals surface area contributed by atoms with Gasteiger partial charge in [-0.15, -0.1) is 5.56 Å². The summed E-state index contributed by atoms with van der Waals surface area (Å²) in [4.78, 5) is 0. The Kier molecular flexibility index (Phi) is 17.0. The molecule has 1 unspecified atom stereocenters. The molecule has 4 aromatic carbocycles. The number of halogens is 4. The molecule has 0 fully saturated rings. The van der Waals surface area contributed by atoms with Crippen LogP contribution in [0.1, 0.15) is 115 Å². The third-order valence-electron chi connectivity index (χ3n) is 9.05. The molecule has 0 nitrogen and oxygen atoms in total. The van der Waals surface area contributed by atoms with Gasteiger partial charge in [0.2, 0.25) is 0 Å². The Labute approximate surface area is 346 Å². The first-order valence-electron chi connectivity index (χ1n) is 17.5. The third kappa shape index (κ3) is 12.7. The van der Waals surface area contributed by atoms with Crippen LogP contribution >= 0.6 is 23.2 Å². The molecule has 0 N–H and O–H groups in total. The molecule has 270 valence electrons. The normalized spacial score (nSPS) is 14.4. The van der Waals surface area contributed by atoms with Crippen LogP contribution in [-0.4, -0.2) is 3.21 Å². The van der Waals surface area contributed by atoms with E-state index in [2.05, 4.69) is 136 Å². The zero-order valence-electron chi connectivity index (χ0n) is 31.9. The van der Waals surface area contributed by atoms with E-state index in [1.54, 1.807) is 0 Å². The first kappa shape index (κ1) is 45.4. The Balaban J connectivity index is 0.000000270. The Morgan fingerprint density at radius 1 is 0.725 bits per heavy atom. The Morgan fingerprint density at radius 3 is 1.75 bits per heavy atom. The topological polar surface area (TPSA) is 0 Å². The minimum atomic E-state index is 0. The summed E-state index contributed by atoms with van der Waals surface area (Å²) >= 11 is 13.3. The standard InChI is InChI=1S/C21H25.C13H8Cl2.C12H19.2ClH.Zr/c1-20(2,3)16-9-7-14-11-15-8-10-17(21(4,5)6)13-19(15)18(14)12-16;14-12-5-1-3-10(8-12)7-11-4-2-6-13(15)9-11;1-5-6-10-7-8-11(9-10)12(2,3)4;;;/h7,9-10,12-13H,11H2,1-6H3;1-6,8-9H;8-10H,5-6H2,1-4H3;2*1H;/q-1;;-1;;;+2/p-2. The SMILES string of the molecule is CC(C)(C)c1c[c-]c2c(c1)-c1cc(C(C)(C)C)ccc1C2.CCCC1[C-]=CC(C(C)(C)C)=C1.Clc1cccc([C](=[Zr+2])c2cccc(Cl)c2)c1.[Cl-].[Cl-]. The van der Waals surface area contributed by atoms with E-state index in [1.807, 2.05) is 36.4 Å². The van der Waals surface area contributed by atoms with Crippen LogP contribution in [0.4, 0.5) is 0 Å². The maximum absolute atomic E-state index is 5.98. The number of hydrogen-bond acceptors (Lipinski definition) is 0. The summed E-state index contributed by atoms with van der Waals surface area (Å²) in [6.07, 6.45) is 11.5. The summed E-state index contributed by atoms with van der Waals surface area (Å²) in [6, 6.07) is 30.8. The molecular weight excluding hydrogens is 786 g/mol. The molecule has 6 rings (SSSR count). The number of allylic oxidation sites excluding steroid dienone is 4. The van der Waals surface area contributed by atoms with E-state index in [4.69, 9.17) is 23.2 Å². The summed E-state index contributed by atoms with van der Waals surface area (Å²) in [5.74, 6) is 0.587. The zero-order valence-corrected chi connectivity index (χ0v) is 37.4. The molecule has 0 saturated heterocycles. The van der Waals surface area contributed by atoms with E-state index in [0.717, 1.165) is 27.6 Å². The van der Waals surface area contributed by atoms with Crippen molar-refractivity contribution >= 4 is 26.4 Å². The molecule has 4 aromatic rings. The summed E-state index contributed by atoms with van der Waals surface area (Å²) in [7, 11) is 0. The predicted octanol–water partition coefficient (Wildman–Crippen LogP) is 7.52. The van der Waals surface area contributed by atoms with E-state index < -0.39 is 0 Å². The van der Waals surface area contributed by atoms with Gasteiger partial charge in [0.15, 0.2) is 0 Å². The molecular formula is C46H52Cl4Zr-2. The van der Waals surface area contributed by atoms with Crippen LogP contribution in [0.3, 0.4) is 0 Å². The second-order valence-electron chi connectivity index (χ2n) is 16.3. The number of hydrogen-bond donors (Lipinski definition) is 0. The molecule has 1 atom stereocenters. The average molecular weight is 838 g/mol. The molecule has 0 spiro atoms. The van der Waals surface area contributed by atoms with Gasteiger partial charge in [0.25, 0.3) is 0 Å². The molecule has 0 saturated carbocycles. The monoisotopic (exact) mass is 834 g/mol. The fourth-order valence-electron chi connectivity index (χ4n) is 5.89. The molecule has 5 heteroatoms. The first-order valence-corrected chi connectivity index (χ1v) is 19.5. The first-order chi connectivity index (χ1) is 22.9. The van der Waals surface area contributed by atoms with Crippen LogP contribution < -0.4 is 24.8 Å². The van der Waals surface area contributed by atoms with Gasteiger partial charge in [-0.1, -0.05) is 128 Å². The molecule has 0 aromatic heterocycles. The summed E-state index contributed by atoms with van der Waals surface area (Å²) in [6.45, 7) is 22.6. The molecule has 0 aliphatic heterocycles. The smallest absolute Gasteiger partial charge is 1.00 e. The molecule has 51 heavy (non-hydrogen) atoms. The fraction of sp³-hybridized carbons (Fsp3) is 0.370. The van der Waals surface area contributed by atoms with Crippen molar-refractivity contribution in [3.63, 3.8) is 0 Å². The second-order valence-corrected chi connectivity index (χ2v) is 18.4. The maximum atomic E-state index is 5.98. The molecule has 0 bridgehead atoms. The van der Waals surface area contributed by atoms with Gasteiger partial charge in [-0.25, -0.2) is 6.08 Å². The minimum Gasteiger partial charge on any atom is -1.00 e. The maximum Gasteiger partial charge on any atom is -1.00 e. The molecule has 0 amide bonds. The van der Waals surface area contributed by atoms with Crippen LogP contribution in [0.5, 0.6) is 0 Å². The van der Waals surface area contributed by atoms with E-state index in [0.29, 0.717) is 11.3 Å². The van der Waals surface area contributed by atoms with Crippen molar-refractivity contribution < 1.29 is 49.0 Å². The van der Waals surface area contributed by atoms with Gasteiger partial charge >= 0.3 is 120 Å². The van der Waals surface area contributed by atoms with Crippen LogP contribution in [0, 0.1) is 23.5 Å². The molecule has 2 aliphatic carbocycles. The predicted molar refractivity (Wildman–Crippen MR) is 211 cm³/mol. The number of rotatable bonds is 4. The van der Waals surface area contributed by atoms with Crippen molar-refractivity contribution in [3.8, 4) is 11.1 Å². The molecule has 2 aliphatic rings. The summed E-state index contributed by atoms with van der Waals surface area (Å²) < 4.78 is 1.26. The molecule has 0 heterocycles. The number of fused-ring (bicyclic) bond motifs is 3. The van der Waals surface area contributed by atoms with Crippen molar-refractivity contribution in [1.29, 1.82) is 0 Å². The van der Waals surface area contributed by atoms with Crippen LogP contribution in [0.25, 0.3) is 11.1 Å². The van der Waals surface area contributed by atoms with E-state index in [1.165, 1.54) is 79.2 Å². The Bertz CT molecular complexity index is 1740. The summed E-state index contributed by atoms with van der Waals surface area (Å²) in [5, 5.41) is 1.53. The van der Waals surface area contributed by atoms with Crippen LogP contribution in [-0.2, 0) is 41.5 Å². The average Bonchev–Trinajstić information content (AvgIpc) is 3.65. The van der Waals surface area contributed by atoms with Crippen molar-refractivity contribution in [2.75, 3.05) is 0 Å². The van der Waals surface area contributed by atoms with Gasteiger partial charge in [0, 0.05) is 0 Å². The van der Waals surface area contributed by atoms with Gasteiger partial charge in [0.1, 0.15) is 0 Å². The van der Waals surface area contributed by atoms with Crippen molar-refractivity contribution in [2.24, 2.45) is 11.3 Å². The van der Waals surface area contributed by atoms with Crippen molar-refractivity contribution in [3.05, 3.63) is 152 Å². The fourth-order valence-corrected chi connectivity index (χ4v) is 7.04. The van der Waals surface area contributed by atoms with Crippen LogP contribution in [0.2, 0.25) is 10.0 Å². The Hall–Kier alpha value is -1.73. The van der Waals surface area contributed by atoms with Crippen LogP contribution in [0.15, 0.2) is 96.6 Å². The Morgan fingerprint density at radius 2 is 1.27 bits per heavy atom. The zero-order chi connectivity index (χ0) is 36.1. The molecule has 0 radical (unpaired) electrons. The third-order valence-corrected chi connectivity index (χ3v) is 10.9. The van der Waals surface area contributed by atoms with E-state index in [-0.39, 0.29) is 35.6 Å². The minimum absolute atomic E-state index is 0. The quantitative estimate of drug-likeness (QED) is 0.165. The van der Waals surface area contributed by atoms with Gasteiger partial charge in [-0.2, -0.15) is 41.0 Å². The van der Waals surface area contributed by atoms with E-state index >= 15 is 0 Å². The summed E-state index contributed by atoms with van der Waals surface area (Å²) in [5.41, 5.74) is 12.8.